The second-order valence-electron chi connectivity index (χ2n) is 5.31. The minimum absolute atomic E-state index is 0.613. The molecular weight excluding hydrogens is 210 g/mol. The fourth-order valence-corrected chi connectivity index (χ4v) is 2.56. The molecule has 0 amide bonds. The summed E-state index contributed by atoms with van der Waals surface area (Å²) in [5.74, 6) is 1.85. The topological polar surface area (TPSA) is 21.3 Å². The van der Waals surface area contributed by atoms with Gasteiger partial charge < -0.3 is 10.1 Å². The van der Waals surface area contributed by atoms with Gasteiger partial charge in [-0.1, -0.05) is 24.6 Å². The van der Waals surface area contributed by atoms with Crippen LogP contribution < -0.4 is 10.1 Å². The van der Waals surface area contributed by atoms with Gasteiger partial charge in [0.05, 0.1) is 7.11 Å². The highest BCUT2D eigenvalue weighted by Gasteiger charge is 2.18. The maximum Gasteiger partial charge on any atom is 0.122 e. The number of methoxy groups -OCH3 is 1. The zero-order chi connectivity index (χ0) is 12.3. The Labute approximate surface area is 104 Å². The number of hydrogen-bond donors (Lipinski definition) is 1. The van der Waals surface area contributed by atoms with E-state index in [0.717, 1.165) is 24.6 Å². The summed E-state index contributed by atoms with van der Waals surface area (Å²) in [4.78, 5) is 0. The molecule has 94 valence electrons. The highest BCUT2D eigenvalue weighted by molar-refractivity contribution is 5.37. The zero-order valence-corrected chi connectivity index (χ0v) is 11.1. The van der Waals surface area contributed by atoms with Crippen molar-refractivity contribution in [3.8, 4) is 5.75 Å². The number of benzene rings is 1. The molecule has 2 heteroatoms. The van der Waals surface area contributed by atoms with E-state index in [1.807, 2.05) is 0 Å². The van der Waals surface area contributed by atoms with Crippen molar-refractivity contribution in [1.29, 1.82) is 0 Å². The largest absolute Gasteiger partial charge is 0.496 e. The first-order valence-electron chi connectivity index (χ1n) is 6.56. The third-order valence-corrected chi connectivity index (χ3v) is 3.67. The Hall–Kier alpha value is -1.02. The molecule has 0 saturated carbocycles. The van der Waals surface area contributed by atoms with Gasteiger partial charge in [-0.25, -0.2) is 0 Å². The first-order chi connectivity index (χ1) is 8.19. The zero-order valence-electron chi connectivity index (χ0n) is 11.1. The van der Waals surface area contributed by atoms with E-state index in [4.69, 9.17) is 4.74 Å². The predicted molar refractivity (Wildman–Crippen MR) is 71.6 cm³/mol. The van der Waals surface area contributed by atoms with Crippen LogP contribution in [0.25, 0.3) is 0 Å². The van der Waals surface area contributed by atoms with Crippen molar-refractivity contribution in [2.24, 2.45) is 5.92 Å². The van der Waals surface area contributed by atoms with Crippen molar-refractivity contribution >= 4 is 0 Å². The van der Waals surface area contributed by atoms with Crippen LogP contribution in [-0.4, -0.2) is 19.7 Å². The van der Waals surface area contributed by atoms with Gasteiger partial charge in [0.2, 0.25) is 0 Å². The van der Waals surface area contributed by atoms with Crippen molar-refractivity contribution in [3.05, 3.63) is 29.3 Å². The Balaban J connectivity index is 2.04. The van der Waals surface area contributed by atoms with E-state index in [-0.39, 0.29) is 0 Å². The molecule has 1 aromatic carbocycles. The van der Waals surface area contributed by atoms with Crippen LogP contribution in [0.15, 0.2) is 18.2 Å². The van der Waals surface area contributed by atoms with Crippen molar-refractivity contribution < 1.29 is 4.74 Å². The molecule has 1 heterocycles. The van der Waals surface area contributed by atoms with Crippen molar-refractivity contribution in [3.63, 3.8) is 0 Å². The van der Waals surface area contributed by atoms with E-state index >= 15 is 0 Å². The summed E-state index contributed by atoms with van der Waals surface area (Å²) in [5, 5.41) is 3.63. The highest BCUT2D eigenvalue weighted by atomic mass is 16.5. The molecule has 1 saturated heterocycles. The van der Waals surface area contributed by atoms with Crippen LogP contribution in [0.3, 0.4) is 0 Å². The molecule has 0 aromatic heterocycles. The fourth-order valence-electron chi connectivity index (χ4n) is 2.56. The number of nitrogens with one attached hydrogen (secondary N) is 1. The SMILES string of the molecule is COc1ccc(C)cc1CC1CCC(C)CN1. The Morgan fingerprint density at radius 3 is 2.82 bits per heavy atom. The Morgan fingerprint density at radius 1 is 1.35 bits per heavy atom. The molecule has 0 bridgehead atoms. The third-order valence-electron chi connectivity index (χ3n) is 3.67. The second-order valence-corrected chi connectivity index (χ2v) is 5.31. The monoisotopic (exact) mass is 233 g/mol. The third kappa shape index (κ3) is 3.22. The molecular formula is C15H23NO. The maximum atomic E-state index is 5.44. The van der Waals surface area contributed by atoms with E-state index in [9.17, 15) is 0 Å². The lowest BCUT2D eigenvalue weighted by Gasteiger charge is -2.28. The number of hydrogen-bond acceptors (Lipinski definition) is 2. The minimum atomic E-state index is 0.613. The maximum absolute atomic E-state index is 5.44. The quantitative estimate of drug-likeness (QED) is 0.866. The number of piperidine rings is 1. The first kappa shape index (κ1) is 12.4. The van der Waals surface area contributed by atoms with Gasteiger partial charge in [0.15, 0.2) is 0 Å². The van der Waals surface area contributed by atoms with Crippen LogP contribution in [0, 0.1) is 12.8 Å². The molecule has 1 aliphatic heterocycles. The van der Waals surface area contributed by atoms with E-state index in [2.05, 4.69) is 37.4 Å². The molecule has 0 spiro atoms. The number of rotatable bonds is 3. The summed E-state index contributed by atoms with van der Waals surface area (Å²) >= 11 is 0. The number of ether oxygens (including phenoxy) is 1. The molecule has 1 aliphatic rings. The van der Waals surface area contributed by atoms with E-state index in [1.54, 1.807) is 7.11 Å². The average Bonchev–Trinajstić information content (AvgIpc) is 2.32. The summed E-state index contributed by atoms with van der Waals surface area (Å²) in [7, 11) is 1.75. The normalized spacial score (nSPS) is 24.6. The molecule has 0 aliphatic carbocycles. The van der Waals surface area contributed by atoms with Crippen LogP contribution in [0.2, 0.25) is 0 Å². The summed E-state index contributed by atoms with van der Waals surface area (Å²) < 4.78 is 5.44. The first-order valence-corrected chi connectivity index (χ1v) is 6.56. The Bertz CT molecular complexity index is 367. The Morgan fingerprint density at radius 2 is 2.18 bits per heavy atom. The van der Waals surface area contributed by atoms with Gasteiger partial charge in [-0.15, -0.1) is 0 Å². The summed E-state index contributed by atoms with van der Waals surface area (Å²) in [6.45, 7) is 5.61. The van der Waals surface area contributed by atoms with Gasteiger partial charge in [-0.2, -0.15) is 0 Å². The average molecular weight is 233 g/mol. The van der Waals surface area contributed by atoms with Gasteiger partial charge in [0.1, 0.15) is 5.75 Å². The van der Waals surface area contributed by atoms with Gasteiger partial charge in [0.25, 0.3) is 0 Å². The molecule has 0 radical (unpaired) electrons. The lowest BCUT2D eigenvalue weighted by Crippen LogP contribution is -2.39. The second kappa shape index (κ2) is 5.54. The molecule has 2 unspecified atom stereocenters. The van der Waals surface area contributed by atoms with Crippen LogP contribution in [0.4, 0.5) is 0 Å². The lowest BCUT2D eigenvalue weighted by molar-refractivity contribution is 0.322. The van der Waals surface area contributed by atoms with Gasteiger partial charge >= 0.3 is 0 Å². The standard InChI is InChI=1S/C15H23NO/c1-11-5-7-15(17-3)13(8-11)9-14-6-4-12(2)10-16-14/h5,7-8,12,14,16H,4,6,9-10H2,1-3H3. The summed E-state index contributed by atoms with van der Waals surface area (Å²) in [6, 6.07) is 7.05. The molecule has 2 nitrogen and oxygen atoms in total. The van der Waals surface area contributed by atoms with Gasteiger partial charge in [-0.05, 0) is 50.3 Å². The molecule has 1 aromatic rings. The number of aryl methyl sites for hydroxylation is 1. The molecule has 1 N–H and O–H groups in total. The summed E-state index contributed by atoms with van der Waals surface area (Å²) in [5.41, 5.74) is 2.64. The van der Waals surface area contributed by atoms with Crippen molar-refractivity contribution in [2.45, 2.75) is 39.2 Å². The molecule has 2 rings (SSSR count). The van der Waals surface area contributed by atoms with Gasteiger partial charge in [0, 0.05) is 6.04 Å². The minimum Gasteiger partial charge on any atom is -0.496 e. The smallest absolute Gasteiger partial charge is 0.122 e. The van der Waals surface area contributed by atoms with Crippen molar-refractivity contribution in [2.75, 3.05) is 13.7 Å². The van der Waals surface area contributed by atoms with Gasteiger partial charge in [-0.3, -0.25) is 0 Å². The van der Waals surface area contributed by atoms with E-state index < -0.39 is 0 Å². The molecule has 1 fully saturated rings. The van der Waals surface area contributed by atoms with Crippen LogP contribution in [-0.2, 0) is 6.42 Å². The van der Waals surface area contributed by atoms with Crippen LogP contribution >= 0.6 is 0 Å². The van der Waals surface area contributed by atoms with E-state index in [0.29, 0.717) is 6.04 Å². The summed E-state index contributed by atoms with van der Waals surface area (Å²) in [6.07, 6.45) is 3.70. The lowest BCUT2D eigenvalue weighted by atomic mass is 9.92. The fraction of sp³-hybridized carbons (Fsp3) is 0.600. The van der Waals surface area contributed by atoms with Crippen molar-refractivity contribution in [1.82, 2.24) is 5.32 Å². The van der Waals surface area contributed by atoms with Crippen LogP contribution in [0.5, 0.6) is 5.75 Å². The Kier molecular flexibility index (Phi) is 4.06. The highest BCUT2D eigenvalue weighted by Crippen LogP contribution is 2.24. The van der Waals surface area contributed by atoms with E-state index in [1.165, 1.54) is 24.0 Å². The predicted octanol–water partition coefficient (Wildman–Crippen LogP) is 2.93. The van der Waals surface area contributed by atoms with Crippen LogP contribution in [0.1, 0.15) is 30.9 Å². The molecule has 2 atom stereocenters. The molecule has 17 heavy (non-hydrogen) atoms.